The molecule has 152 valence electrons. The van der Waals surface area contributed by atoms with Gasteiger partial charge < -0.3 is 9.67 Å². The second kappa shape index (κ2) is 8.94. The highest BCUT2D eigenvalue weighted by atomic mass is 19.1. The molecule has 0 amide bonds. The van der Waals surface area contributed by atoms with Gasteiger partial charge in [0, 0.05) is 23.7 Å². The van der Waals surface area contributed by atoms with Crippen LogP contribution in [0.4, 0.5) is 4.39 Å². The monoisotopic (exact) mass is 396 g/mol. The van der Waals surface area contributed by atoms with Crippen molar-refractivity contribution in [3.63, 3.8) is 0 Å². The van der Waals surface area contributed by atoms with Gasteiger partial charge >= 0.3 is 5.97 Å². The van der Waals surface area contributed by atoms with Crippen molar-refractivity contribution in [1.29, 1.82) is 0 Å². The second-order valence-electron chi connectivity index (χ2n) is 7.49. The Morgan fingerprint density at radius 1 is 1.14 bits per heavy atom. The molecule has 2 aromatic heterocycles. The van der Waals surface area contributed by atoms with E-state index >= 15 is 0 Å². The van der Waals surface area contributed by atoms with Crippen LogP contribution in [0.1, 0.15) is 65.1 Å². The molecule has 0 unspecified atom stereocenters. The molecule has 1 aromatic carbocycles. The molecule has 0 aliphatic heterocycles. The highest BCUT2D eigenvalue weighted by Crippen LogP contribution is 2.18. The van der Waals surface area contributed by atoms with Crippen molar-refractivity contribution in [2.45, 2.75) is 52.5 Å². The van der Waals surface area contributed by atoms with Gasteiger partial charge in [-0.1, -0.05) is 26.0 Å². The summed E-state index contributed by atoms with van der Waals surface area (Å²) < 4.78 is 15.3. The topological polar surface area (TPSA) is 80.9 Å². The number of nitrogens with zero attached hydrogens (tertiary/aromatic N) is 4. The maximum absolute atomic E-state index is 13.2. The predicted molar refractivity (Wildman–Crippen MR) is 108 cm³/mol. The summed E-state index contributed by atoms with van der Waals surface area (Å²) >= 11 is 0. The smallest absolute Gasteiger partial charge is 0.335 e. The number of halogens is 1. The van der Waals surface area contributed by atoms with E-state index in [1.54, 1.807) is 31.2 Å². The minimum atomic E-state index is -0.947. The lowest BCUT2D eigenvalue weighted by atomic mass is 10.1. The number of carbonyl (C=O) groups is 1. The summed E-state index contributed by atoms with van der Waals surface area (Å²) in [4.78, 5) is 15.7. The van der Waals surface area contributed by atoms with Crippen LogP contribution in [0.25, 0.3) is 0 Å². The molecular formula is C22H25FN4O2. The predicted octanol–water partition coefficient (Wildman–Crippen LogP) is 4.17. The van der Waals surface area contributed by atoms with Crippen molar-refractivity contribution in [1.82, 2.24) is 19.7 Å². The molecule has 0 aliphatic carbocycles. The van der Waals surface area contributed by atoms with E-state index < -0.39 is 5.97 Å². The largest absolute Gasteiger partial charge is 0.478 e. The van der Waals surface area contributed by atoms with Crippen LogP contribution in [-0.2, 0) is 19.4 Å². The Morgan fingerprint density at radius 2 is 1.86 bits per heavy atom. The maximum Gasteiger partial charge on any atom is 0.335 e. The fourth-order valence-corrected chi connectivity index (χ4v) is 3.32. The molecule has 0 saturated heterocycles. The van der Waals surface area contributed by atoms with Gasteiger partial charge in [-0.05, 0) is 49.6 Å². The number of benzene rings is 1. The van der Waals surface area contributed by atoms with Gasteiger partial charge in [-0.15, -0.1) is 10.2 Å². The number of carboxylic acid groups (broad SMARTS) is 1. The van der Waals surface area contributed by atoms with E-state index in [-0.39, 0.29) is 17.3 Å². The van der Waals surface area contributed by atoms with Gasteiger partial charge in [0.2, 0.25) is 0 Å². The molecule has 3 aromatic rings. The van der Waals surface area contributed by atoms with E-state index in [1.165, 1.54) is 12.1 Å². The van der Waals surface area contributed by atoms with Gasteiger partial charge in [0.1, 0.15) is 17.5 Å². The summed E-state index contributed by atoms with van der Waals surface area (Å²) in [6, 6.07) is 9.65. The van der Waals surface area contributed by atoms with Gasteiger partial charge in [0.05, 0.1) is 12.1 Å². The zero-order valence-electron chi connectivity index (χ0n) is 16.9. The van der Waals surface area contributed by atoms with Crippen LogP contribution < -0.4 is 0 Å². The van der Waals surface area contributed by atoms with Crippen molar-refractivity contribution in [2.24, 2.45) is 0 Å². The lowest BCUT2D eigenvalue weighted by Crippen LogP contribution is -2.11. The van der Waals surface area contributed by atoms with Gasteiger partial charge in [0.25, 0.3) is 0 Å². The minimum absolute atomic E-state index is 0.216. The van der Waals surface area contributed by atoms with Crippen molar-refractivity contribution in [3.05, 3.63) is 76.4 Å². The van der Waals surface area contributed by atoms with Gasteiger partial charge in [0.15, 0.2) is 0 Å². The Morgan fingerprint density at radius 3 is 2.52 bits per heavy atom. The molecular weight excluding hydrogens is 371 g/mol. The van der Waals surface area contributed by atoms with Gasteiger partial charge in [-0.3, -0.25) is 4.98 Å². The third-order valence-corrected chi connectivity index (χ3v) is 4.71. The fraction of sp³-hybridized carbons (Fsp3) is 0.364. The van der Waals surface area contributed by atoms with E-state index in [4.69, 9.17) is 0 Å². The van der Waals surface area contributed by atoms with Crippen LogP contribution in [0.2, 0.25) is 0 Å². The third-order valence-electron chi connectivity index (χ3n) is 4.71. The molecule has 29 heavy (non-hydrogen) atoms. The third kappa shape index (κ3) is 5.25. The molecule has 0 fully saturated rings. The minimum Gasteiger partial charge on any atom is -0.478 e. The number of pyridine rings is 1. The average Bonchev–Trinajstić information content (AvgIpc) is 3.06. The Labute approximate surface area is 169 Å². The van der Waals surface area contributed by atoms with Crippen molar-refractivity contribution in [3.8, 4) is 0 Å². The van der Waals surface area contributed by atoms with E-state index in [1.807, 2.05) is 0 Å². The number of aryl methyl sites for hydroxylation is 3. The van der Waals surface area contributed by atoms with Crippen molar-refractivity contribution >= 4 is 5.97 Å². The average molecular weight is 396 g/mol. The summed E-state index contributed by atoms with van der Waals surface area (Å²) in [5, 5.41) is 17.9. The number of carboxylic acids is 1. The Balaban J connectivity index is 1.74. The Hall–Kier alpha value is -3.09. The highest BCUT2D eigenvalue weighted by Gasteiger charge is 2.15. The number of hydrogen-bond donors (Lipinski definition) is 1. The Bertz CT molecular complexity index is 997. The Kier molecular flexibility index (Phi) is 6.36. The first-order valence-electron chi connectivity index (χ1n) is 9.70. The summed E-state index contributed by atoms with van der Waals surface area (Å²) in [7, 11) is 0. The van der Waals surface area contributed by atoms with Crippen LogP contribution in [0, 0.1) is 12.7 Å². The number of rotatable bonds is 8. The number of aromatic carboxylic acids is 1. The van der Waals surface area contributed by atoms with Gasteiger partial charge in [-0.2, -0.15) is 0 Å². The van der Waals surface area contributed by atoms with Crippen LogP contribution in [0.3, 0.4) is 0 Å². The molecule has 0 bridgehead atoms. The lowest BCUT2D eigenvalue weighted by molar-refractivity contribution is 0.0696. The normalized spacial score (nSPS) is 11.2. The molecule has 6 nitrogen and oxygen atoms in total. The van der Waals surface area contributed by atoms with Gasteiger partial charge in [-0.25, -0.2) is 9.18 Å². The second-order valence-corrected chi connectivity index (χ2v) is 7.49. The van der Waals surface area contributed by atoms with E-state index in [2.05, 4.69) is 33.6 Å². The van der Waals surface area contributed by atoms with Crippen LogP contribution in [0.15, 0.2) is 36.4 Å². The molecule has 1 N–H and O–H groups in total. The fourth-order valence-electron chi connectivity index (χ4n) is 3.32. The molecule has 0 radical (unpaired) electrons. The molecule has 3 rings (SSSR count). The molecule has 2 heterocycles. The zero-order chi connectivity index (χ0) is 21.0. The van der Waals surface area contributed by atoms with Crippen molar-refractivity contribution in [2.75, 3.05) is 0 Å². The van der Waals surface area contributed by atoms with Crippen LogP contribution in [-0.4, -0.2) is 30.8 Å². The number of hydrogen-bond acceptors (Lipinski definition) is 4. The molecule has 0 saturated carbocycles. The molecule has 0 aliphatic rings. The summed E-state index contributed by atoms with van der Waals surface area (Å²) in [6.45, 7) is 6.52. The summed E-state index contributed by atoms with van der Waals surface area (Å²) in [5.74, 6) is 0.772. The van der Waals surface area contributed by atoms with E-state index in [9.17, 15) is 14.3 Å². The van der Waals surface area contributed by atoms with Crippen LogP contribution >= 0.6 is 0 Å². The zero-order valence-corrected chi connectivity index (χ0v) is 16.9. The molecule has 0 atom stereocenters. The van der Waals surface area contributed by atoms with E-state index in [0.29, 0.717) is 25.1 Å². The number of aromatic nitrogens is 4. The lowest BCUT2D eigenvalue weighted by Gasteiger charge is -2.12. The standard InChI is InChI=1S/C22H25FN4O2/c1-14(2)21-26-25-20(27(21)13-16-7-9-18(23)10-8-16)6-4-5-19-12-17(22(28)29)11-15(3)24-19/h7-12,14H,4-6,13H2,1-3H3,(H,28,29). The first kappa shape index (κ1) is 20.6. The SMILES string of the molecule is Cc1cc(C(=O)O)cc(CCCc2nnc(C(C)C)n2Cc2ccc(F)cc2)n1. The highest BCUT2D eigenvalue weighted by molar-refractivity contribution is 5.87. The molecule has 0 spiro atoms. The van der Waals surface area contributed by atoms with Crippen LogP contribution in [0.5, 0.6) is 0 Å². The summed E-state index contributed by atoms with van der Waals surface area (Å²) in [5.41, 5.74) is 2.70. The van der Waals surface area contributed by atoms with E-state index in [0.717, 1.165) is 29.3 Å². The summed E-state index contributed by atoms with van der Waals surface area (Å²) in [6.07, 6.45) is 2.12. The first-order chi connectivity index (χ1) is 13.8. The molecule has 7 heteroatoms. The maximum atomic E-state index is 13.2. The quantitative estimate of drug-likeness (QED) is 0.618. The first-order valence-corrected chi connectivity index (χ1v) is 9.70. The van der Waals surface area contributed by atoms with Crippen molar-refractivity contribution < 1.29 is 14.3 Å².